The molecule has 0 aliphatic heterocycles. The van der Waals surface area contributed by atoms with Gasteiger partial charge in [0.15, 0.2) is 5.82 Å². The molecule has 0 atom stereocenters. The first-order valence-corrected chi connectivity index (χ1v) is 8.74. The fourth-order valence-electron chi connectivity index (χ4n) is 3.07. The first-order valence-electron chi connectivity index (χ1n) is 8.74. The normalized spacial score (nSPS) is 11.4. The van der Waals surface area contributed by atoms with Crippen molar-refractivity contribution in [3.8, 4) is 11.3 Å². The summed E-state index contributed by atoms with van der Waals surface area (Å²) in [7, 11) is 0. The number of nitrogens with zero attached hydrogens (tertiary/aromatic N) is 8. The first kappa shape index (κ1) is 15.6. The molecule has 0 amide bonds. The smallest absolute Gasteiger partial charge is 0.271 e. The molecule has 1 aromatic carbocycles. The van der Waals surface area contributed by atoms with Crippen LogP contribution in [0.3, 0.4) is 0 Å². The number of aryl methyl sites for hydroxylation is 1. The molecular formula is C19H16N8. The van der Waals surface area contributed by atoms with Crippen molar-refractivity contribution < 1.29 is 0 Å². The van der Waals surface area contributed by atoms with E-state index in [4.69, 9.17) is 0 Å². The molecule has 4 heterocycles. The van der Waals surface area contributed by atoms with E-state index in [1.165, 1.54) is 0 Å². The number of rotatable bonds is 4. The Morgan fingerprint density at radius 2 is 2.00 bits per heavy atom. The highest BCUT2D eigenvalue weighted by molar-refractivity contribution is 5.79. The van der Waals surface area contributed by atoms with E-state index in [1.54, 1.807) is 23.1 Å². The molecule has 0 fully saturated rings. The predicted molar refractivity (Wildman–Crippen MR) is 100 cm³/mol. The van der Waals surface area contributed by atoms with Crippen LogP contribution in [0.1, 0.15) is 18.3 Å². The van der Waals surface area contributed by atoms with Crippen LogP contribution in [0.2, 0.25) is 0 Å². The summed E-state index contributed by atoms with van der Waals surface area (Å²) in [5.41, 5.74) is 3.76. The molecule has 0 radical (unpaired) electrons. The highest BCUT2D eigenvalue weighted by Crippen LogP contribution is 2.18. The third-order valence-corrected chi connectivity index (χ3v) is 4.48. The molecule has 5 aromatic rings. The van der Waals surface area contributed by atoms with Crippen LogP contribution in [0.5, 0.6) is 0 Å². The van der Waals surface area contributed by atoms with Gasteiger partial charge in [-0.2, -0.15) is 14.7 Å². The van der Waals surface area contributed by atoms with Crippen LogP contribution < -0.4 is 0 Å². The fraction of sp³-hybridized carbons (Fsp3) is 0.158. The minimum atomic E-state index is 0.485. The van der Waals surface area contributed by atoms with Crippen molar-refractivity contribution in [2.75, 3.05) is 0 Å². The van der Waals surface area contributed by atoms with E-state index >= 15 is 0 Å². The highest BCUT2D eigenvalue weighted by Gasteiger charge is 2.12. The van der Waals surface area contributed by atoms with Crippen molar-refractivity contribution in [3.63, 3.8) is 0 Å². The van der Waals surface area contributed by atoms with Gasteiger partial charge in [-0.25, -0.2) is 4.98 Å². The maximum absolute atomic E-state index is 4.68. The third kappa shape index (κ3) is 2.80. The Balaban J connectivity index is 1.53. The Hall–Kier alpha value is -3.68. The molecule has 0 saturated carbocycles. The molecule has 0 aliphatic rings. The standard InChI is InChI=1S/C19H16N8/c1-2-26-12-15(10-22-26)17-11-21-19-24-23-18(27(19)25-17)9-13-5-6-16-14(8-13)4-3-7-20-16/h3-8,10-12H,2,9H2,1H3. The van der Waals surface area contributed by atoms with Crippen LogP contribution in [0.25, 0.3) is 27.9 Å². The predicted octanol–water partition coefficient (Wildman–Crippen LogP) is 2.54. The monoisotopic (exact) mass is 356 g/mol. The maximum Gasteiger partial charge on any atom is 0.271 e. The number of aromatic nitrogens is 8. The SMILES string of the molecule is CCn1cc(-c2cnc3nnc(Cc4ccc5ncccc5c4)n3n2)cn1. The molecule has 27 heavy (non-hydrogen) atoms. The minimum Gasteiger partial charge on any atom is -0.272 e. The van der Waals surface area contributed by atoms with Crippen LogP contribution in [0.15, 0.2) is 55.1 Å². The third-order valence-electron chi connectivity index (χ3n) is 4.48. The van der Waals surface area contributed by atoms with Crippen molar-refractivity contribution in [1.82, 2.24) is 39.6 Å². The van der Waals surface area contributed by atoms with E-state index in [0.717, 1.165) is 40.1 Å². The van der Waals surface area contributed by atoms with Crippen LogP contribution in [0, 0.1) is 0 Å². The van der Waals surface area contributed by atoms with Gasteiger partial charge in [0.2, 0.25) is 0 Å². The van der Waals surface area contributed by atoms with Crippen LogP contribution in [-0.2, 0) is 13.0 Å². The molecule has 0 spiro atoms. The molecule has 0 N–H and O–H groups in total. The van der Waals surface area contributed by atoms with Crippen molar-refractivity contribution in [3.05, 3.63) is 66.5 Å². The summed E-state index contributed by atoms with van der Waals surface area (Å²) in [6, 6.07) is 10.2. The zero-order valence-electron chi connectivity index (χ0n) is 14.7. The lowest BCUT2D eigenvalue weighted by Crippen LogP contribution is -2.03. The fourth-order valence-corrected chi connectivity index (χ4v) is 3.07. The van der Waals surface area contributed by atoms with Gasteiger partial charge in [0, 0.05) is 36.3 Å². The van der Waals surface area contributed by atoms with E-state index in [0.29, 0.717) is 12.2 Å². The molecule has 5 rings (SSSR count). The Labute approximate surface area is 154 Å². The molecule has 0 aliphatic carbocycles. The second-order valence-electron chi connectivity index (χ2n) is 6.26. The number of fused-ring (bicyclic) bond motifs is 2. The zero-order chi connectivity index (χ0) is 18.2. The van der Waals surface area contributed by atoms with Gasteiger partial charge >= 0.3 is 0 Å². The average Bonchev–Trinajstić information content (AvgIpc) is 3.35. The lowest BCUT2D eigenvalue weighted by atomic mass is 10.1. The van der Waals surface area contributed by atoms with Gasteiger partial charge in [0.25, 0.3) is 5.78 Å². The van der Waals surface area contributed by atoms with Crippen LogP contribution >= 0.6 is 0 Å². The van der Waals surface area contributed by atoms with Gasteiger partial charge in [0.1, 0.15) is 5.69 Å². The summed E-state index contributed by atoms with van der Waals surface area (Å²) in [5.74, 6) is 1.23. The molecule has 0 saturated heterocycles. The molecule has 0 bridgehead atoms. The molecule has 8 nitrogen and oxygen atoms in total. The van der Waals surface area contributed by atoms with E-state index in [2.05, 4.69) is 48.6 Å². The summed E-state index contributed by atoms with van der Waals surface area (Å²) in [5, 5.41) is 18.5. The van der Waals surface area contributed by atoms with Crippen molar-refractivity contribution >= 4 is 16.7 Å². The molecule has 0 unspecified atom stereocenters. The van der Waals surface area contributed by atoms with Gasteiger partial charge in [-0.3, -0.25) is 9.67 Å². The van der Waals surface area contributed by atoms with E-state index in [-0.39, 0.29) is 0 Å². The van der Waals surface area contributed by atoms with E-state index in [1.807, 2.05) is 29.9 Å². The molecule has 8 heteroatoms. The van der Waals surface area contributed by atoms with Gasteiger partial charge < -0.3 is 0 Å². The maximum atomic E-state index is 4.68. The highest BCUT2D eigenvalue weighted by atomic mass is 15.4. The van der Waals surface area contributed by atoms with Crippen LogP contribution in [-0.4, -0.2) is 39.6 Å². The minimum absolute atomic E-state index is 0.485. The number of benzene rings is 1. The summed E-state index contributed by atoms with van der Waals surface area (Å²) in [6.07, 6.45) is 7.85. The zero-order valence-corrected chi connectivity index (χ0v) is 14.7. The second-order valence-corrected chi connectivity index (χ2v) is 6.26. The topological polar surface area (TPSA) is 86.7 Å². The van der Waals surface area contributed by atoms with Gasteiger partial charge in [-0.05, 0) is 30.7 Å². The summed E-state index contributed by atoms with van der Waals surface area (Å²) in [6.45, 7) is 2.85. The van der Waals surface area contributed by atoms with Gasteiger partial charge in [-0.1, -0.05) is 12.1 Å². The Bertz CT molecular complexity index is 1250. The van der Waals surface area contributed by atoms with Gasteiger partial charge in [0.05, 0.1) is 17.9 Å². The van der Waals surface area contributed by atoms with Crippen molar-refractivity contribution in [2.24, 2.45) is 0 Å². The second kappa shape index (κ2) is 6.24. The Morgan fingerprint density at radius 1 is 1.04 bits per heavy atom. The molecular weight excluding hydrogens is 340 g/mol. The number of pyridine rings is 1. The Morgan fingerprint density at radius 3 is 2.89 bits per heavy atom. The summed E-state index contributed by atoms with van der Waals surface area (Å²) in [4.78, 5) is 8.74. The summed E-state index contributed by atoms with van der Waals surface area (Å²) < 4.78 is 3.56. The van der Waals surface area contributed by atoms with Crippen LogP contribution in [0.4, 0.5) is 0 Å². The quantitative estimate of drug-likeness (QED) is 0.492. The molecule has 4 aromatic heterocycles. The van der Waals surface area contributed by atoms with Gasteiger partial charge in [-0.15, -0.1) is 10.2 Å². The number of hydrogen-bond acceptors (Lipinski definition) is 6. The first-order chi connectivity index (χ1) is 13.3. The average molecular weight is 356 g/mol. The van der Waals surface area contributed by atoms with Crippen molar-refractivity contribution in [2.45, 2.75) is 19.9 Å². The number of hydrogen-bond donors (Lipinski definition) is 0. The van der Waals surface area contributed by atoms with Crippen molar-refractivity contribution in [1.29, 1.82) is 0 Å². The molecule has 132 valence electrons. The summed E-state index contributed by atoms with van der Waals surface area (Å²) >= 11 is 0. The Kier molecular flexibility index (Phi) is 3.60. The van der Waals surface area contributed by atoms with E-state index < -0.39 is 0 Å². The lowest BCUT2D eigenvalue weighted by molar-refractivity contribution is 0.660. The largest absolute Gasteiger partial charge is 0.272 e. The lowest BCUT2D eigenvalue weighted by Gasteiger charge is -2.03. The van der Waals surface area contributed by atoms with E-state index in [9.17, 15) is 0 Å².